The van der Waals surface area contributed by atoms with Crippen molar-refractivity contribution in [3.05, 3.63) is 29.8 Å². The number of hydrogen-bond donors (Lipinski definition) is 1. The minimum Gasteiger partial charge on any atom is -0.389 e. The third-order valence-electron chi connectivity index (χ3n) is 2.75. The molecular formula is C12H17NO2. The summed E-state index contributed by atoms with van der Waals surface area (Å²) in [6.07, 6.45) is -0.385. The molecule has 1 heterocycles. The van der Waals surface area contributed by atoms with Crippen LogP contribution in [0.15, 0.2) is 24.3 Å². The SMILES string of the molecule is C[C@@H](O)c1ccc(N2CCOCC2)cc1. The van der Waals surface area contributed by atoms with Crippen LogP contribution >= 0.6 is 0 Å². The van der Waals surface area contributed by atoms with Gasteiger partial charge in [0.15, 0.2) is 0 Å². The summed E-state index contributed by atoms with van der Waals surface area (Å²) in [7, 11) is 0. The van der Waals surface area contributed by atoms with Crippen molar-refractivity contribution in [3.63, 3.8) is 0 Å². The number of morpholine rings is 1. The Bertz CT molecular complexity index is 302. The highest BCUT2D eigenvalue weighted by atomic mass is 16.5. The fourth-order valence-electron chi connectivity index (χ4n) is 1.79. The van der Waals surface area contributed by atoms with E-state index in [-0.39, 0.29) is 6.10 Å². The maximum atomic E-state index is 9.39. The molecule has 0 aliphatic carbocycles. The molecular weight excluding hydrogens is 190 g/mol. The Morgan fingerprint density at radius 1 is 1.20 bits per heavy atom. The molecule has 1 atom stereocenters. The first-order valence-corrected chi connectivity index (χ1v) is 5.38. The topological polar surface area (TPSA) is 32.7 Å². The van der Waals surface area contributed by atoms with E-state index in [4.69, 9.17) is 4.74 Å². The third kappa shape index (κ3) is 2.49. The molecule has 0 saturated carbocycles. The van der Waals surface area contributed by atoms with Gasteiger partial charge in [-0.1, -0.05) is 12.1 Å². The molecule has 15 heavy (non-hydrogen) atoms. The van der Waals surface area contributed by atoms with Crippen LogP contribution in [0.4, 0.5) is 5.69 Å². The van der Waals surface area contributed by atoms with Gasteiger partial charge >= 0.3 is 0 Å². The summed E-state index contributed by atoms with van der Waals surface area (Å²) in [4.78, 5) is 2.30. The van der Waals surface area contributed by atoms with E-state index in [2.05, 4.69) is 17.0 Å². The van der Waals surface area contributed by atoms with Gasteiger partial charge in [-0.15, -0.1) is 0 Å². The van der Waals surface area contributed by atoms with Crippen LogP contribution in [0.3, 0.4) is 0 Å². The van der Waals surface area contributed by atoms with E-state index in [1.165, 1.54) is 5.69 Å². The molecule has 3 heteroatoms. The Balaban J connectivity index is 2.08. The van der Waals surface area contributed by atoms with E-state index in [1.54, 1.807) is 6.92 Å². The van der Waals surface area contributed by atoms with Crippen molar-refractivity contribution in [2.75, 3.05) is 31.2 Å². The fourth-order valence-corrected chi connectivity index (χ4v) is 1.79. The molecule has 1 saturated heterocycles. The van der Waals surface area contributed by atoms with Gasteiger partial charge in [0, 0.05) is 18.8 Å². The second-order valence-electron chi connectivity index (χ2n) is 3.87. The van der Waals surface area contributed by atoms with Gasteiger partial charge in [0.05, 0.1) is 19.3 Å². The molecule has 82 valence electrons. The number of aliphatic hydroxyl groups is 1. The highest BCUT2D eigenvalue weighted by Crippen LogP contribution is 2.19. The minimum absolute atomic E-state index is 0.385. The van der Waals surface area contributed by atoms with Gasteiger partial charge in [0.25, 0.3) is 0 Å². The Morgan fingerprint density at radius 2 is 1.80 bits per heavy atom. The van der Waals surface area contributed by atoms with E-state index < -0.39 is 0 Å². The molecule has 1 aromatic rings. The predicted molar refractivity (Wildman–Crippen MR) is 60.1 cm³/mol. The van der Waals surface area contributed by atoms with Crippen LogP contribution < -0.4 is 4.90 Å². The van der Waals surface area contributed by atoms with Crippen LogP contribution in [0.5, 0.6) is 0 Å². The molecule has 1 aliphatic rings. The summed E-state index contributed by atoms with van der Waals surface area (Å²) in [6.45, 7) is 5.29. The van der Waals surface area contributed by atoms with Crippen molar-refractivity contribution in [2.24, 2.45) is 0 Å². The largest absolute Gasteiger partial charge is 0.389 e. The standard InChI is InChI=1S/C12H17NO2/c1-10(14)11-2-4-12(5-3-11)13-6-8-15-9-7-13/h2-5,10,14H,6-9H2,1H3/t10-/m1/s1. The minimum atomic E-state index is -0.385. The van der Waals surface area contributed by atoms with Gasteiger partial charge in [-0.2, -0.15) is 0 Å². The predicted octanol–water partition coefficient (Wildman–Crippen LogP) is 1.58. The molecule has 0 amide bonds. The van der Waals surface area contributed by atoms with Crippen molar-refractivity contribution in [2.45, 2.75) is 13.0 Å². The highest BCUT2D eigenvalue weighted by Gasteiger charge is 2.11. The van der Waals surface area contributed by atoms with Crippen LogP contribution in [0.25, 0.3) is 0 Å². The molecule has 2 rings (SSSR count). The van der Waals surface area contributed by atoms with Crippen molar-refractivity contribution < 1.29 is 9.84 Å². The van der Waals surface area contributed by atoms with Crippen LogP contribution in [0, 0.1) is 0 Å². The number of hydrogen-bond acceptors (Lipinski definition) is 3. The summed E-state index contributed by atoms with van der Waals surface area (Å²) < 4.78 is 5.30. The smallest absolute Gasteiger partial charge is 0.0761 e. The van der Waals surface area contributed by atoms with E-state index in [1.807, 2.05) is 12.1 Å². The lowest BCUT2D eigenvalue weighted by Crippen LogP contribution is -2.36. The Kier molecular flexibility index (Phi) is 3.23. The quantitative estimate of drug-likeness (QED) is 0.799. The average Bonchev–Trinajstić information content (AvgIpc) is 2.30. The average molecular weight is 207 g/mol. The van der Waals surface area contributed by atoms with Gasteiger partial charge in [0.1, 0.15) is 0 Å². The fraction of sp³-hybridized carbons (Fsp3) is 0.500. The van der Waals surface area contributed by atoms with E-state index in [0.29, 0.717) is 0 Å². The summed E-state index contributed by atoms with van der Waals surface area (Å²) >= 11 is 0. The Morgan fingerprint density at radius 3 is 2.33 bits per heavy atom. The second kappa shape index (κ2) is 4.64. The van der Waals surface area contributed by atoms with Crippen molar-refractivity contribution in [1.29, 1.82) is 0 Å². The zero-order valence-corrected chi connectivity index (χ0v) is 9.02. The number of ether oxygens (including phenoxy) is 1. The first-order chi connectivity index (χ1) is 7.27. The lowest BCUT2D eigenvalue weighted by molar-refractivity contribution is 0.122. The van der Waals surface area contributed by atoms with E-state index in [0.717, 1.165) is 31.9 Å². The van der Waals surface area contributed by atoms with Crippen molar-refractivity contribution in [3.8, 4) is 0 Å². The number of nitrogens with zero attached hydrogens (tertiary/aromatic N) is 1. The van der Waals surface area contributed by atoms with Crippen LogP contribution in [0.2, 0.25) is 0 Å². The third-order valence-corrected chi connectivity index (χ3v) is 2.75. The highest BCUT2D eigenvalue weighted by molar-refractivity contribution is 5.48. The zero-order valence-electron chi connectivity index (χ0n) is 9.02. The summed E-state index contributed by atoms with van der Waals surface area (Å²) in [5, 5.41) is 9.39. The molecule has 1 N–H and O–H groups in total. The zero-order chi connectivity index (χ0) is 10.7. The summed E-state index contributed by atoms with van der Waals surface area (Å²) in [6, 6.07) is 8.09. The maximum Gasteiger partial charge on any atom is 0.0761 e. The van der Waals surface area contributed by atoms with Gasteiger partial charge in [0.2, 0.25) is 0 Å². The second-order valence-corrected chi connectivity index (χ2v) is 3.87. The molecule has 0 spiro atoms. The monoisotopic (exact) mass is 207 g/mol. The van der Waals surface area contributed by atoms with E-state index >= 15 is 0 Å². The lowest BCUT2D eigenvalue weighted by atomic mass is 10.1. The van der Waals surface area contributed by atoms with Crippen LogP contribution in [0.1, 0.15) is 18.6 Å². The number of aliphatic hydroxyl groups excluding tert-OH is 1. The van der Waals surface area contributed by atoms with Gasteiger partial charge in [-0.3, -0.25) is 0 Å². The normalized spacial score (nSPS) is 18.9. The number of anilines is 1. The molecule has 0 radical (unpaired) electrons. The van der Waals surface area contributed by atoms with Gasteiger partial charge in [-0.05, 0) is 24.6 Å². The maximum absolute atomic E-state index is 9.39. The van der Waals surface area contributed by atoms with Gasteiger partial charge in [-0.25, -0.2) is 0 Å². The molecule has 3 nitrogen and oxygen atoms in total. The first kappa shape index (κ1) is 10.5. The molecule has 0 aromatic heterocycles. The Labute approximate surface area is 90.3 Å². The van der Waals surface area contributed by atoms with Crippen LogP contribution in [-0.4, -0.2) is 31.4 Å². The lowest BCUT2D eigenvalue weighted by Gasteiger charge is -2.29. The van der Waals surface area contributed by atoms with Crippen molar-refractivity contribution in [1.82, 2.24) is 0 Å². The van der Waals surface area contributed by atoms with Gasteiger partial charge < -0.3 is 14.7 Å². The molecule has 0 unspecified atom stereocenters. The van der Waals surface area contributed by atoms with Crippen LogP contribution in [-0.2, 0) is 4.74 Å². The Hall–Kier alpha value is -1.06. The van der Waals surface area contributed by atoms with E-state index in [9.17, 15) is 5.11 Å². The first-order valence-electron chi connectivity index (χ1n) is 5.38. The molecule has 0 bridgehead atoms. The molecule has 1 aromatic carbocycles. The number of rotatable bonds is 2. The summed E-state index contributed by atoms with van der Waals surface area (Å²) in [5.74, 6) is 0. The summed E-state index contributed by atoms with van der Waals surface area (Å²) in [5.41, 5.74) is 2.18. The van der Waals surface area contributed by atoms with Crippen molar-refractivity contribution >= 4 is 5.69 Å². The number of benzene rings is 1. The molecule has 1 aliphatic heterocycles. The molecule has 1 fully saturated rings.